The third kappa shape index (κ3) is 4.18. The zero-order valence-electron chi connectivity index (χ0n) is 20.8. The molecule has 2 aromatic heterocycles. The van der Waals surface area contributed by atoms with Gasteiger partial charge in [-0.05, 0) is 35.1 Å². The van der Waals surface area contributed by atoms with Crippen LogP contribution >= 0.6 is 0 Å². The minimum Gasteiger partial charge on any atom is -0.507 e. The van der Waals surface area contributed by atoms with Gasteiger partial charge in [-0.2, -0.15) is 0 Å². The number of carbonyl (C=O) groups excluding carboxylic acids is 1. The topological polar surface area (TPSA) is 70.5 Å². The van der Waals surface area contributed by atoms with Crippen LogP contribution in [0.25, 0.3) is 16.8 Å². The highest BCUT2D eigenvalue weighted by Gasteiger charge is 2.28. The van der Waals surface area contributed by atoms with Crippen molar-refractivity contribution in [3.05, 3.63) is 89.2 Å². The van der Waals surface area contributed by atoms with E-state index in [1.165, 1.54) is 0 Å². The monoisotopic (exact) mass is 455 g/mol. The Morgan fingerprint density at radius 2 is 1.44 bits per heavy atom. The molecule has 0 radical (unpaired) electrons. The summed E-state index contributed by atoms with van der Waals surface area (Å²) in [5.74, 6) is 0.160. The Labute approximate surface area is 200 Å². The van der Waals surface area contributed by atoms with Crippen molar-refractivity contribution in [2.45, 2.75) is 58.9 Å². The number of aromatic nitrogens is 2. The number of fused-ring (bicyclic) bond motifs is 1. The molecule has 0 spiro atoms. The average Bonchev–Trinajstić information content (AvgIpc) is 3.04. The Balaban J connectivity index is 1.89. The molecular formula is C29H33N3O2. The van der Waals surface area contributed by atoms with Gasteiger partial charge in [-0.25, -0.2) is 0 Å². The van der Waals surface area contributed by atoms with Crippen LogP contribution in [0.2, 0.25) is 0 Å². The molecule has 0 saturated heterocycles. The van der Waals surface area contributed by atoms with E-state index in [-0.39, 0.29) is 34.5 Å². The van der Waals surface area contributed by atoms with E-state index in [1.54, 1.807) is 8.97 Å². The van der Waals surface area contributed by atoms with Crippen LogP contribution < -0.4 is 5.62 Å². The minimum absolute atomic E-state index is 0.0304. The number of benzene rings is 2. The molecule has 0 aliphatic rings. The van der Waals surface area contributed by atoms with Gasteiger partial charge in [0.2, 0.25) is 5.62 Å². The summed E-state index contributed by atoms with van der Waals surface area (Å²) in [6, 6.07) is 19.3. The Morgan fingerprint density at radius 1 is 0.882 bits per heavy atom. The first kappa shape index (κ1) is 23.6. The fourth-order valence-electron chi connectivity index (χ4n) is 4.42. The van der Waals surface area contributed by atoms with Gasteiger partial charge in [-0.1, -0.05) is 77.9 Å². The van der Waals surface area contributed by atoms with Crippen molar-refractivity contribution >= 4 is 11.3 Å². The van der Waals surface area contributed by atoms with Gasteiger partial charge in [-0.15, -0.1) is 0 Å². The molecule has 2 heterocycles. The molecule has 34 heavy (non-hydrogen) atoms. The third-order valence-electron chi connectivity index (χ3n) is 6.25. The lowest BCUT2D eigenvalue weighted by atomic mass is 9.78. The van der Waals surface area contributed by atoms with E-state index in [1.807, 2.05) is 108 Å². The van der Waals surface area contributed by atoms with Crippen molar-refractivity contribution in [3.8, 4) is 17.0 Å². The summed E-state index contributed by atoms with van der Waals surface area (Å²) in [6.45, 7) is 12.2. The Morgan fingerprint density at radius 3 is 2.00 bits per heavy atom. The highest BCUT2D eigenvalue weighted by molar-refractivity contribution is 5.97. The predicted octanol–water partition coefficient (Wildman–Crippen LogP) is 6.07. The number of hydrogen-bond acceptors (Lipinski definition) is 3. The Kier molecular flexibility index (Phi) is 5.76. The van der Waals surface area contributed by atoms with E-state index in [0.717, 1.165) is 27.9 Å². The second kappa shape index (κ2) is 8.32. The van der Waals surface area contributed by atoms with Crippen molar-refractivity contribution in [2.75, 3.05) is 0 Å². The molecule has 0 amide bonds. The number of carbonyl (C=O) groups is 1. The first-order valence-corrected chi connectivity index (χ1v) is 11.6. The summed E-state index contributed by atoms with van der Waals surface area (Å²) in [5, 5.41) is 19.9. The van der Waals surface area contributed by atoms with Crippen molar-refractivity contribution in [1.82, 2.24) is 8.97 Å². The van der Waals surface area contributed by atoms with Crippen LogP contribution in [0.1, 0.15) is 63.0 Å². The molecule has 0 aliphatic heterocycles. The molecule has 0 saturated carbocycles. The quantitative estimate of drug-likeness (QED) is 0.367. The zero-order chi connectivity index (χ0) is 24.8. The van der Waals surface area contributed by atoms with Gasteiger partial charge < -0.3 is 9.67 Å². The SMILES string of the molecule is CC(C)(C)c1cc(C(=O)Cn2c(-c3ccccc3)c3ccccn3c2=N)cc(C(C)(C)C)c1O. The maximum Gasteiger partial charge on any atom is 0.207 e. The minimum atomic E-state index is -0.325. The largest absolute Gasteiger partial charge is 0.507 e. The van der Waals surface area contributed by atoms with E-state index >= 15 is 0 Å². The molecule has 0 fully saturated rings. The summed E-state index contributed by atoms with van der Waals surface area (Å²) in [7, 11) is 0. The number of pyridine rings is 1. The maximum absolute atomic E-state index is 13.7. The highest BCUT2D eigenvalue weighted by Crippen LogP contribution is 2.40. The summed E-state index contributed by atoms with van der Waals surface area (Å²) in [5.41, 5.74) is 4.32. The number of phenolic OH excluding ortho intramolecular Hbond substituents is 1. The third-order valence-corrected chi connectivity index (χ3v) is 6.25. The van der Waals surface area contributed by atoms with Gasteiger partial charge in [0.05, 0.1) is 17.8 Å². The number of ketones is 1. The van der Waals surface area contributed by atoms with Crippen molar-refractivity contribution in [1.29, 1.82) is 5.41 Å². The lowest BCUT2D eigenvalue weighted by Gasteiger charge is -2.28. The predicted molar refractivity (Wildman–Crippen MR) is 137 cm³/mol. The van der Waals surface area contributed by atoms with Crippen LogP contribution in [0.15, 0.2) is 66.9 Å². The van der Waals surface area contributed by atoms with Crippen LogP contribution in [0.3, 0.4) is 0 Å². The standard InChI is InChI=1S/C29H33N3O2/c1-28(2,3)21-16-20(17-22(26(21)34)29(4,5)6)24(33)18-32-25(19-12-8-7-9-13-19)23-14-10-11-15-31(23)27(32)30/h7-17,30,34H,18H2,1-6H3. The van der Waals surface area contributed by atoms with E-state index in [4.69, 9.17) is 5.41 Å². The van der Waals surface area contributed by atoms with Gasteiger partial charge in [0.1, 0.15) is 5.75 Å². The van der Waals surface area contributed by atoms with Gasteiger partial charge in [0.15, 0.2) is 5.78 Å². The van der Waals surface area contributed by atoms with Crippen molar-refractivity contribution in [2.24, 2.45) is 0 Å². The molecule has 4 aromatic rings. The number of phenols is 1. The first-order valence-electron chi connectivity index (χ1n) is 11.6. The molecule has 0 aliphatic carbocycles. The lowest BCUT2D eigenvalue weighted by Crippen LogP contribution is -2.26. The summed E-state index contributed by atoms with van der Waals surface area (Å²) >= 11 is 0. The van der Waals surface area contributed by atoms with Crippen LogP contribution in [0, 0.1) is 5.41 Å². The molecule has 176 valence electrons. The molecule has 0 bridgehead atoms. The number of Topliss-reactive ketones (excluding diaryl/α,β-unsaturated/α-hetero) is 1. The summed E-state index contributed by atoms with van der Waals surface area (Å²) in [6.07, 6.45) is 1.85. The highest BCUT2D eigenvalue weighted by atomic mass is 16.3. The van der Waals surface area contributed by atoms with Gasteiger partial charge >= 0.3 is 0 Å². The molecule has 2 aromatic carbocycles. The van der Waals surface area contributed by atoms with Crippen molar-refractivity contribution in [3.63, 3.8) is 0 Å². The second-order valence-corrected chi connectivity index (χ2v) is 10.9. The van der Waals surface area contributed by atoms with E-state index < -0.39 is 0 Å². The van der Waals surface area contributed by atoms with Crippen LogP contribution in [-0.4, -0.2) is 19.9 Å². The van der Waals surface area contributed by atoms with E-state index in [0.29, 0.717) is 5.56 Å². The normalized spacial score (nSPS) is 12.3. The number of rotatable bonds is 4. The van der Waals surface area contributed by atoms with E-state index in [9.17, 15) is 9.90 Å². The fraction of sp³-hybridized carbons (Fsp3) is 0.310. The number of imidazole rings is 1. The Hall–Kier alpha value is -3.60. The van der Waals surface area contributed by atoms with E-state index in [2.05, 4.69) is 0 Å². The Bertz CT molecular complexity index is 1390. The molecule has 5 heteroatoms. The summed E-state index contributed by atoms with van der Waals surface area (Å²) in [4.78, 5) is 13.7. The van der Waals surface area contributed by atoms with Crippen LogP contribution in [0.4, 0.5) is 0 Å². The molecular weight excluding hydrogens is 422 g/mol. The maximum atomic E-state index is 13.7. The lowest BCUT2D eigenvalue weighted by molar-refractivity contribution is 0.0970. The van der Waals surface area contributed by atoms with Gasteiger partial charge in [-0.3, -0.25) is 14.6 Å². The van der Waals surface area contributed by atoms with Crippen molar-refractivity contribution < 1.29 is 9.90 Å². The molecule has 5 nitrogen and oxygen atoms in total. The summed E-state index contributed by atoms with van der Waals surface area (Å²) < 4.78 is 3.57. The number of nitrogens with zero attached hydrogens (tertiary/aromatic N) is 2. The van der Waals surface area contributed by atoms with Gasteiger partial charge in [0, 0.05) is 28.5 Å². The molecule has 0 atom stereocenters. The molecule has 4 rings (SSSR count). The number of aromatic hydroxyl groups is 1. The number of hydrogen-bond donors (Lipinski definition) is 2. The zero-order valence-corrected chi connectivity index (χ0v) is 20.8. The van der Waals surface area contributed by atoms with Crippen LogP contribution in [-0.2, 0) is 17.4 Å². The fourth-order valence-corrected chi connectivity index (χ4v) is 4.42. The second-order valence-electron chi connectivity index (χ2n) is 10.9. The van der Waals surface area contributed by atoms with Crippen LogP contribution in [0.5, 0.6) is 5.75 Å². The first-order chi connectivity index (χ1) is 15.9. The molecule has 2 N–H and O–H groups in total. The number of nitrogens with one attached hydrogen (secondary N) is 1. The average molecular weight is 456 g/mol. The smallest absolute Gasteiger partial charge is 0.207 e. The van der Waals surface area contributed by atoms with Gasteiger partial charge in [0.25, 0.3) is 0 Å². The molecule has 0 unspecified atom stereocenters.